The first-order chi connectivity index (χ1) is 45.6. The summed E-state index contributed by atoms with van der Waals surface area (Å²) in [5, 5.41) is 33.9. The van der Waals surface area contributed by atoms with Crippen molar-refractivity contribution < 1.29 is 81.9 Å². The predicted molar refractivity (Wildman–Crippen MR) is 361 cm³/mol. The van der Waals surface area contributed by atoms with Crippen molar-refractivity contribution in [2.45, 2.75) is 149 Å². The predicted octanol–water partition coefficient (Wildman–Crippen LogP) is 9.42. The highest BCUT2D eigenvalue weighted by Gasteiger charge is 2.34. The second-order valence-electron chi connectivity index (χ2n) is 23.5. The van der Waals surface area contributed by atoms with Gasteiger partial charge in [0.1, 0.15) is 24.2 Å². The number of unbranched alkanes of at least 4 members (excludes halogenated alkanes) is 7. The number of carbonyl (C=O) groups excluding carboxylic acids is 2. The fourth-order valence-corrected chi connectivity index (χ4v) is 13.4. The number of nitrogens with zero attached hydrogens (tertiary/aromatic N) is 1. The number of aliphatic hydroxyl groups is 1. The molecule has 0 bridgehead atoms. The van der Waals surface area contributed by atoms with Crippen LogP contribution in [0.25, 0.3) is 0 Å². The minimum absolute atomic E-state index is 0.0114. The monoisotopic (exact) mass is 1400 g/mol. The Bertz CT molecular complexity index is 4130. The average Bonchev–Trinajstić information content (AvgIpc) is 1.36. The van der Waals surface area contributed by atoms with E-state index in [1.165, 1.54) is 73.7 Å². The maximum Gasteiger partial charge on any atom is 0.410 e. The van der Waals surface area contributed by atoms with E-state index >= 15 is 0 Å². The summed E-state index contributed by atoms with van der Waals surface area (Å²) in [7, 11) is -15.9. The lowest BCUT2D eigenvalue weighted by Crippen LogP contribution is -2.35. The van der Waals surface area contributed by atoms with Gasteiger partial charge < -0.3 is 48.9 Å². The van der Waals surface area contributed by atoms with Crippen molar-refractivity contribution in [3.05, 3.63) is 167 Å². The summed E-state index contributed by atoms with van der Waals surface area (Å²) in [6.07, 6.45) is 9.19. The van der Waals surface area contributed by atoms with Crippen molar-refractivity contribution in [3.8, 4) is 23.3 Å². The van der Waals surface area contributed by atoms with Crippen LogP contribution in [0.3, 0.4) is 0 Å². The maximum absolute atomic E-state index is 12.9. The van der Waals surface area contributed by atoms with Gasteiger partial charge in [0.25, 0.3) is 20.0 Å². The van der Waals surface area contributed by atoms with Crippen molar-refractivity contribution in [1.82, 2.24) is 10.2 Å². The number of amides is 1. The molecule has 6 aromatic carbocycles. The number of aryl methyl sites for hydroxylation is 1. The minimum Gasteiger partial charge on any atom is -0.508 e. The molecule has 28 heteroatoms. The SMILES string of the molecule is CC(=O)OCc1cc([C@@H](O)CNCCCCCCOCCCCc2cccc(S(=O)(=O)Nc3cccc(S(N)(=O)=O)c3)c2)ccc1O.CC1(C)OCc2cc([C@@H]3CN(CCCCCCOCCC#Cc4cccc(S(=O)(=O)Nc5cccc(S(N)(=O)=O)c5)c4)C(=O)O3)ccc2O1. The van der Waals surface area contributed by atoms with E-state index < -0.39 is 58.0 Å². The van der Waals surface area contributed by atoms with E-state index in [1.54, 1.807) is 41.3 Å². The number of aromatic hydroxyl groups is 1. The van der Waals surface area contributed by atoms with Gasteiger partial charge in [-0.15, -0.1) is 0 Å². The number of hydrogen-bond acceptors (Lipinski definition) is 19. The average molecular weight is 1400 g/mol. The third-order valence-electron chi connectivity index (χ3n) is 15.2. The molecule has 520 valence electrons. The van der Waals surface area contributed by atoms with Crippen molar-refractivity contribution in [2.75, 3.05) is 62.1 Å². The molecule has 0 saturated carbocycles. The molecule has 0 spiro atoms. The zero-order valence-electron chi connectivity index (χ0n) is 54.1. The van der Waals surface area contributed by atoms with Crippen LogP contribution in [0.15, 0.2) is 153 Å². The minimum atomic E-state index is -3.99. The standard InChI is InChI=1S/C35H41N3O9S2.C33H45N3O9S2/c1-35(2)45-25-28-22-27(16-17-32(28)47-35)33-24-38(34(39)46-33)18-6-3-4-7-19-44-20-8-5-11-26-12-9-15-31(21-26)49(42,43)37-29-13-10-14-30(23-29)48(36,40)41;1-25(37)45-24-28-21-27(15-16-32(28)38)33(39)23-35-17-5-2-3-6-18-44-19-7-4-10-26-11-8-14-31(20-26)47(42,43)36-29-12-9-13-30(22-29)46(34,40)41/h9-10,12-17,21-23,33,37H,3-4,6-8,18-20,24-25H2,1-2H3,(H2,36,40,41);8-9,11-16,20-22,33,35-36,38-39H,2-7,10,17-19,23-24H2,1H3,(H2,34,40,41)/t2*33-/m00/s1. The lowest BCUT2D eigenvalue weighted by Gasteiger charge is -2.32. The topological polar surface area (TPSA) is 358 Å². The van der Waals surface area contributed by atoms with E-state index in [4.69, 9.17) is 38.7 Å². The number of ether oxygens (including phenoxy) is 6. The van der Waals surface area contributed by atoms with Gasteiger partial charge in [0.05, 0.1) is 56.8 Å². The molecular weight excluding hydrogens is 1320 g/mol. The van der Waals surface area contributed by atoms with Crippen LogP contribution < -0.4 is 29.8 Å². The van der Waals surface area contributed by atoms with Gasteiger partial charge in [-0.25, -0.2) is 48.7 Å². The normalized spacial score (nSPS) is 14.8. The molecule has 0 aromatic heterocycles. The van der Waals surface area contributed by atoms with E-state index in [-0.39, 0.29) is 55.5 Å². The highest BCUT2D eigenvalue weighted by Crippen LogP contribution is 2.36. The van der Waals surface area contributed by atoms with Crippen molar-refractivity contribution in [3.63, 3.8) is 0 Å². The quantitative estimate of drug-likeness (QED) is 0.0111. The Balaban J connectivity index is 0.000000271. The summed E-state index contributed by atoms with van der Waals surface area (Å²) in [5.74, 6) is 5.67. The molecular formula is C68H86N6O18S4. The van der Waals surface area contributed by atoms with Gasteiger partial charge in [-0.3, -0.25) is 14.2 Å². The number of nitrogens with one attached hydrogen (secondary N) is 3. The molecule has 2 heterocycles. The van der Waals surface area contributed by atoms with Gasteiger partial charge in [-0.2, -0.15) is 0 Å². The smallest absolute Gasteiger partial charge is 0.410 e. The molecule has 1 amide bonds. The molecule has 1 fully saturated rings. The van der Waals surface area contributed by atoms with Gasteiger partial charge in [0, 0.05) is 76.8 Å². The molecule has 0 unspecified atom stereocenters. The lowest BCUT2D eigenvalue weighted by molar-refractivity contribution is -0.180. The number of primary sulfonamides is 2. The van der Waals surface area contributed by atoms with E-state index in [2.05, 4.69) is 26.6 Å². The number of rotatable bonds is 35. The van der Waals surface area contributed by atoms with Crippen LogP contribution in [0, 0.1) is 11.8 Å². The Morgan fingerprint density at radius 2 is 1.28 bits per heavy atom. The first-order valence-corrected chi connectivity index (χ1v) is 37.6. The Labute approximate surface area is 563 Å². The highest BCUT2D eigenvalue weighted by molar-refractivity contribution is 7.93. The van der Waals surface area contributed by atoms with Crippen LogP contribution in [0.2, 0.25) is 0 Å². The lowest BCUT2D eigenvalue weighted by atomic mass is 10.0. The van der Waals surface area contributed by atoms with Crippen molar-refractivity contribution in [1.29, 1.82) is 0 Å². The van der Waals surface area contributed by atoms with E-state index in [0.717, 1.165) is 99.3 Å². The number of cyclic esters (lactones) is 1. The van der Waals surface area contributed by atoms with Crippen LogP contribution in [0.5, 0.6) is 11.5 Å². The largest absolute Gasteiger partial charge is 0.508 e. The molecule has 24 nitrogen and oxygen atoms in total. The van der Waals surface area contributed by atoms with E-state index in [9.17, 15) is 53.5 Å². The van der Waals surface area contributed by atoms with Crippen LogP contribution in [-0.2, 0) is 88.2 Å². The molecule has 6 aromatic rings. The Kier molecular flexibility index (Phi) is 28.5. The number of carbonyl (C=O) groups is 2. The zero-order chi connectivity index (χ0) is 69.4. The number of esters is 1. The third kappa shape index (κ3) is 25.1. The molecule has 0 aliphatic carbocycles. The number of sulfonamides is 4. The maximum atomic E-state index is 12.9. The Morgan fingerprint density at radius 3 is 1.94 bits per heavy atom. The van der Waals surface area contributed by atoms with Gasteiger partial charge in [0.15, 0.2) is 0 Å². The molecule has 0 radical (unpaired) electrons. The summed E-state index contributed by atoms with van der Waals surface area (Å²) >= 11 is 0. The fourth-order valence-electron chi connectivity index (χ4n) is 10.1. The number of aliphatic hydroxyl groups excluding tert-OH is 1. The Morgan fingerprint density at radius 1 is 0.688 bits per heavy atom. The molecule has 1 saturated heterocycles. The molecule has 9 N–H and O–H groups in total. The number of hydrogen-bond donors (Lipinski definition) is 7. The highest BCUT2D eigenvalue weighted by atomic mass is 32.2. The molecule has 2 atom stereocenters. The summed E-state index contributed by atoms with van der Waals surface area (Å²) in [6.45, 7) is 10.1. The number of fused-ring (bicyclic) bond motifs is 1. The number of phenols is 1. The second-order valence-corrected chi connectivity index (χ2v) is 29.9. The van der Waals surface area contributed by atoms with Crippen LogP contribution >= 0.6 is 0 Å². The summed E-state index contributed by atoms with van der Waals surface area (Å²) < 4.78 is 136. The van der Waals surface area contributed by atoms with Crippen molar-refractivity contribution >= 4 is 63.5 Å². The molecule has 2 aliphatic rings. The first kappa shape index (κ1) is 75.7. The zero-order valence-corrected chi connectivity index (χ0v) is 57.3. The summed E-state index contributed by atoms with van der Waals surface area (Å²) in [6, 6.07) is 34.0. The van der Waals surface area contributed by atoms with E-state index in [0.29, 0.717) is 82.2 Å². The van der Waals surface area contributed by atoms with Crippen LogP contribution in [0.1, 0.15) is 137 Å². The number of anilines is 2. The van der Waals surface area contributed by atoms with E-state index in [1.807, 2.05) is 38.1 Å². The summed E-state index contributed by atoms with van der Waals surface area (Å²) in [4.78, 5) is 24.9. The molecule has 96 heavy (non-hydrogen) atoms. The van der Waals surface area contributed by atoms with Crippen LogP contribution in [0.4, 0.5) is 16.2 Å². The number of benzene rings is 6. The van der Waals surface area contributed by atoms with Gasteiger partial charge in [-0.05, 0) is 159 Å². The third-order valence-corrected chi connectivity index (χ3v) is 19.8. The summed E-state index contributed by atoms with van der Waals surface area (Å²) in [5.41, 5.74) is 4.53. The second kappa shape index (κ2) is 36.1. The molecule has 2 aliphatic heterocycles. The van der Waals surface area contributed by atoms with Crippen LogP contribution in [-0.4, -0.2) is 119 Å². The van der Waals surface area contributed by atoms with Crippen molar-refractivity contribution in [2.24, 2.45) is 10.3 Å². The van der Waals surface area contributed by atoms with Gasteiger partial charge in [0.2, 0.25) is 25.8 Å². The Hall–Kier alpha value is -7.66. The number of nitrogens with two attached hydrogens (primary N) is 2. The van der Waals surface area contributed by atoms with Gasteiger partial charge in [-0.1, -0.05) is 80.0 Å². The first-order valence-electron chi connectivity index (χ1n) is 31.5. The number of phenolic OH excluding ortho intramolecular Hbond substituents is 1. The molecule has 8 rings (SSSR count). The van der Waals surface area contributed by atoms with Gasteiger partial charge >= 0.3 is 12.1 Å². The fraction of sp³-hybridized carbons (Fsp3) is 0.412.